The van der Waals surface area contributed by atoms with Crippen LogP contribution in [0.25, 0.3) is 0 Å². The molecular formula is C19H25ClN2O2. The lowest BCUT2D eigenvalue weighted by atomic mass is 9.62. The monoisotopic (exact) mass is 348 g/mol. The van der Waals surface area contributed by atoms with Crippen LogP contribution in [0.1, 0.15) is 57.8 Å². The Kier molecular flexibility index (Phi) is 4.00. The highest BCUT2D eigenvalue weighted by Crippen LogP contribution is 2.51. The van der Waals surface area contributed by atoms with E-state index in [1.54, 1.807) is 17.0 Å². The second kappa shape index (κ2) is 5.92. The summed E-state index contributed by atoms with van der Waals surface area (Å²) in [5, 5.41) is 15.6. The van der Waals surface area contributed by atoms with Gasteiger partial charge in [-0.15, -0.1) is 0 Å². The van der Waals surface area contributed by atoms with Gasteiger partial charge in [0.05, 0.1) is 0 Å². The molecule has 2 aliphatic carbocycles. The zero-order chi connectivity index (χ0) is 16.8. The Labute approximate surface area is 148 Å². The largest absolute Gasteiger partial charge is 0.370 e. The lowest BCUT2D eigenvalue weighted by Gasteiger charge is -2.60. The molecule has 24 heavy (non-hydrogen) atoms. The Morgan fingerprint density at radius 1 is 1.04 bits per heavy atom. The number of hydrogen-bond donors (Lipinski definition) is 2. The molecule has 2 atom stereocenters. The predicted molar refractivity (Wildman–Crippen MR) is 95.2 cm³/mol. The third-order valence-corrected chi connectivity index (χ3v) is 6.54. The highest BCUT2D eigenvalue weighted by molar-refractivity contribution is 6.30. The average molecular weight is 349 g/mol. The first-order valence-electron chi connectivity index (χ1n) is 9.16. The molecule has 1 spiro atoms. The van der Waals surface area contributed by atoms with Crippen molar-refractivity contribution < 1.29 is 9.90 Å². The maximum atomic E-state index is 13.0. The van der Waals surface area contributed by atoms with Crippen molar-refractivity contribution >= 4 is 23.3 Å². The van der Waals surface area contributed by atoms with Crippen LogP contribution in [0, 0.1) is 5.92 Å². The van der Waals surface area contributed by atoms with Gasteiger partial charge >= 0.3 is 6.03 Å². The lowest BCUT2D eigenvalue weighted by molar-refractivity contribution is -0.101. The minimum atomic E-state index is -1.09. The van der Waals surface area contributed by atoms with Crippen LogP contribution in [-0.2, 0) is 0 Å². The summed E-state index contributed by atoms with van der Waals surface area (Å²) >= 11 is 5.99. The number of amides is 2. The van der Waals surface area contributed by atoms with Crippen molar-refractivity contribution in [3.8, 4) is 0 Å². The summed E-state index contributed by atoms with van der Waals surface area (Å²) in [4.78, 5) is 14.6. The molecule has 5 heteroatoms. The van der Waals surface area contributed by atoms with E-state index >= 15 is 0 Å². The van der Waals surface area contributed by atoms with Crippen molar-refractivity contribution in [3.05, 3.63) is 29.3 Å². The first-order chi connectivity index (χ1) is 11.6. The standard InChI is InChI=1S/C19H25ClN2O2/c20-14-7-9-15(10-8-14)22-17(23)21-18(11-3-1-4-12-18)16-6-2-5-13-19(16,22)24/h7-10,16,24H,1-6,11-13H2,(H,21,23)/t16-,19-/m1/s1. The number of carbonyl (C=O) groups is 1. The normalized spacial score (nSPS) is 32.3. The van der Waals surface area contributed by atoms with Crippen molar-refractivity contribution in [2.45, 2.75) is 69.1 Å². The van der Waals surface area contributed by atoms with E-state index in [2.05, 4.69) is 5.32 Å². The Balaban J connectivity index is 1.76. The Hall–Kier alpha value is -1.26. The number of anilines is 1. The van der Waals surface area contributed by atoms with E-state index in [4.69, 9.17) is 11.6 Å². The lowest BCUT2D eigenvalue weighted by Crippen LogP contribution is -2.76. The number of fused-ring (bicyclic) bond motifs is 2. The molecule has 1 aliphatic heterocycles. The van der Waals surface area contributed by atoms with Gasteiger partial charge in [0.1, 0.15) is 0 Å². The smallest absolute Gasteiger partial charge is 0.324 e. The Morgan fingerprint density at radius 3 is 2.42 bits per heavy atom. The predicted octanol–water partition coefficient (Wildman–Crippen LogP) is 4.45. The van der Waals surface area contributed by atoms with Crippen LogP contribution in [0.3, 0.4) is 0 Å². The van der Waals surface area contributed by atoms with Crippen LogP contribution in [0.2, 0.25) is 5.02 Å². The van der Waals surface area contributed by atoms with E-state index in [0.29, 0.717) is 11.4 Å². The molecule has 0 unspecified atom stereocenters. The summed E-state index contributed by atoms with van der Waals surface area (Å²) in [7, 11) is 0. The molecule has 4 nitrogen and oxygen atoms in total. The summed E-state index contributed by atoms with van der Waals surface area (Å²) in [5.41, 5.74) is -0.601. The molecule has 2 amide bonds. The fraction of sp³-hybridized carbons (Fsp3) is 0.632. The van der Waals surface area contributed by atoms with Gasteiger partial charge in [0, 0.05) is 22.2 Å². The van der Waals surface area contributed by atoms with Crippen molar-refractivity contribution in [2.24, 2.45) is 5.92 Å². The molecule has 1 heterocycles. The van der Waals surface area contributed by atoms with Gasteiger partial charge in [-0.1, -0.05) is 37.3 Å². The van der Waals surface area contributed by atoms with Crippen LogP contribution in [0.15, 0.2) is 24.3 Å². The number of nitrogens with zero attached hydrogens (tertiary/aromatic N) is 1. The Bertz CT molecular complexity index is 627. The number of halogens is 1. The minimum Gasteiger partial charge on any atom is -0.370 e. The molecule has 3 fully saturated rings. The summed E-state index contributed by atoms with van der Waals surface area (Å²) in [5.74, 6) is 0.0902. The van der Waals surface area contributed by atoms with Gasteiger partial charge in [-0.2, -0.15) is 0 Å². The zero-order valence-corrected chi connectivity index (χ0v) is 14.7. The number of benzene rings is 1. The van der Waals surface area contributed by atoms with Gasteiger partial charge in [-0.05, 0) is 56.4 Å². The van der Waals surface area contributed by atoms with Gasteiger partial charge < -0.3 is 10.4 Å². The first-order valence-corrected chi connectivity index (χ1v) is 9.53. The van der Waals surface area contributed by atoms with Crippen LogP contribution in [-0.4, -0.2) is 22.4 Å². The van der Waals surface area contributed by atoms with Crippen LogP contribution in [0.4, 0.5) is 10.5 Å². The minimum absolute atomic E-state index is 0.0902. The molecule has 4 rings (SSSR count). The van der Waals surface area contributed by atoms with Crippen LogP contribution in [0.5, 0.6) is 0 Å². The van der Waals surface area contributed by atoms with Crippen molar-refractivity contribution in [1.29, 1.82) is 0 Å². The second-order valence-corrected chi connectivity index (χ2v) is 8.07. The topological polar surface area (TPSA) is 52.6 Å². The molecule has 130 valence electrons. The number of hydrogen-bond acceptors (Lipinski definition) is 2. The van der Waals surface area contributed by atoms with E-state index in [-0.39, 0.29) is 17.5 Å². The average Bonchev–Trinajstić information content (AvgIpc) is 2.57. The molecule has 1 saturated heterocycles. The summed E-state index contributed by atoms with van der Waals surface area (Å²) in [6.07, 6.45) is 9.17. The number of rotatable bonds is 1. The van der Waals surface area contributed by atoms with Crippen LogP contribution >= 0.6 is 11.6 Å². The number of aliphatic hydroxyl groups is 1. The summed E-state index contributed by atoms with van der Waals surface area (Å²) in [6, 6.07) is 7.03. The molecule has 2 saturated carbocycles. The van der Waals surface area contributed by atoms with E-state index in [1.165, 1.54) is 6.42 Å². The summed E-state index contributed by atoms with van der Waals surface area (Å²) in [6.45, 7) is 0. The maximum absolute atomic E-state index is 13.0. The second-order valence-electron chi connectivity index (χ2n) is 7.64. The highest BCUT2D eigenvalue weighted by atomic mass is 35.5. The quantitative estimate of drug-likeness (QED) is 0.787. The molecule has 3 aliphatic rings. The van der Waals surface area contributed by atoms with E-state index < -0.39 is 5.72 Å². The summed E-state index contributed by atoms with van der Waals surface area (Å²) < 4.78 is 0. The van der Waals surface area contributed by atoms with Gasteiger partial charge in [0.25, 0.3) is 0 Å². The molecule has 0 aromatic heterocycles. The fourth-order valence-corrected chi connectivity index (χ4v) is 5.37. The number of carbonyl (C=O) groups excluding carboxylic acids is 1. The first kappa shape index (κ1) is 16.2. The highest BCUT2D eigenvalue weighted by Gasteiger charge is 2.60. The maximum Gasteiger partial charge on any atom is 0.324 e. The van der Waals surface area contributed by atoms with Gasteiger partial charge in [0.2, 0.25) is 0 Å². The van der Waals surface area contributed by atoms with Crippen molar-refractivity contribution in [1.82, 2.24) is 5.32 Å². The molecule has 1 aromatic rings. The molecule has 1 aromatic carbocycles. The third kappa shape index (κ3) is 2.42. The fourth-order valence-electron chi connectivity index (χ4n) is 5.24. The van der Waals surface area contributed by atoms with Crippen LogP contribution < -0.4 is 10.2 Å². The SMILES string of the molecule is O=C1NC2(CCCCC2)[C@H]2CCCC[C@]2(O)N1c1ccc(Cl)cc1. The van der Waals surface area contributed by atoms with E-state index in [0.717, 1.165) is 50.6 Å². The molecule has 0 radical (unpaired) electrons. The van der Waals surface area contributed by atoms with Gasteiger partial charge in [-0.25, -0.2) is 4.79 Å². The molecule has 2 N–H and O–H groups in total. The van der Waals surface area contributed by atoms with Crippen molar-refractivity contribution in [2.75, 3.05) is 4.90 Å². The zero-order valence-electron chi connectivity index (χ0n) is 13.9. The van der Waals surface area contributed by atoms with E-state index in [9.17, 15) is 9.90 Å². The third-order valence-electron chi connectivity index (χ3n) is 6.29. The molecule has 0 bridgehead atoms. The van der Waals surface area contributed by atoms with Gasteiger partial charge in [0.15, 0.2) is 5.72 Å². The Morgan fingerprint density at radius 2 is 1.71 bits per heavy atom. The van der Waals surface area contributed by atoms with Crippen molar-refractivity contribution in [3.63, 3.8) is 0 Å². The number of nitrogens with one attached hydrogen (secondary N) is 1. The van der Waals surface area contributed by atoms with E-state index in [1.807, 2.05) is 12.1 Å². The van der Waals surface area contributed by atoms with Gasteiger partial charge in [-0.3, -0.25) is 4.90 Å². The molecular weight excluding hydrogens is 324 g/mol. The number of urea groups is 1.